The summed E-state index contributed by atoms with van der Waals surface area (Å²) in [7, 11) is 0. The van der Waals surface area contributed by atoms with Gasteiger partial charge in [-0.3, -0.25) is 4.79 Å². The normalized spacial score (nSPS) is 18.7. The number of alkyl carbamates (subject to hydrolysis) is 1. The van der Waals surface area contributed by atoms with Gasteiger partial charge in [-0.25, -0.2) is 4.79 Å². The van der Waals surface area contributed by atoms with Crippen molar-refractivity contribution in [3.8, 4) is 0 Å². The van der Waals surface area contributed by atoms with Gasteiger partial charge >= 0.3 is 12.1 Å². The Bertz CT molecular complexity index is 577. The van der Waals surface area contributed by atoms with E-state index in [-0.39, 0.29) is 12.5 Å². The molecule has 0 aliphatic heterocycles. The molecule has 0 bridgehead atoms. The summed E-state index contributed by atoms with van der Waals surface area (Å²) < 4.78 is 5.18. The molecule has 0 radical (unpaired) electrons. The molecule has 0 aromatic heterocycles. The highest BCUT2D eigenvalue weighted by Crippen LogP contribution is 2.36. The number of carboxylic acid groups (broad SMARTS) is 1. The molecule has 5 nitrogen and oxygen atoms in total. The number of amides is 1. The summed E-state index contributed by atoms with van der Waals surface area (Å²) in [6, 6.07) is 7.98. The summed E-state index contributed by atoms with van der Waals surface area (Å²) in [5, 5.41) is 12.2. The van der Waals surface area contributed by atoms with Gasteiger partial charge in [0.2, 0.25) is 0 Å². The first-order valence-electron chi connectivity index (χ1n) is 8.05. The Morgan fingerprint density at radius 3 is 2.70 bits per heavy atom. The first-order chi connectivity index (χ1) is 10.8. The number of aryl methyl sites for hydroxylation is 1. The Hall–Kier alpha value is -2.04. The number of hydrogen-bond donors (Lipinski definition) is 2. The van der Waals surface area contributed by atoms with E-state index >= 15 is 0 Å². The third kappa shape index (κ3) is 4.71. The highest BCUT2D eigenvalue weighted by molar-refractivity contribution is 5.74. The number of carbonyl (C=O) groups excluding carboxylic acids is 1. The van der Waals surface area contributed by atoms with E-state index < -0.39 is 23.6 Å². The van der Waals surface area contributed by atoms with Crippen molar-refractivity contribution < 1.29 is 19.4 Å². The molecule has 0 fully saturated rings. The lowest BCUT2D eigenvalue weighted by Crippen LogP contribution is -2.39. The topological polar surface area (TPSA) is 75.6 Å². The van der Waals surface area contributed by atoms with Crippen LogP contribution in [0.3, 0.4) is 0 Å². The molecular weight excluding hydrogens is 294 g/mol. The fraction of sp³-hybridized carbons (Fsp3) is 0.556. The predicted octanol–water partition coefficient (Wildman–Crippen LogP) is 3.33. The number of aliphatic carboxylic acids is 1. The fourth-order valence-corrected chi connectivity index (χ4v) is 3.12. The number of hydrogen-bond acceptors (Lipinski definition) is 3. The number of nitrogens with one attached hydrogen (secondary N) is 1. The van der Waals surface area contributed by atoms with Crippen LogP contribution in [0.25, 0.3) is 0 Å². The van der Waals surface area contributed by atoms with E-state index in [1.807, 2.05) is 18.2 Å². The van der Waals surface area contributed by atoms with E-state index in [1.54, 1.807) is 20.8 Å². The number of carboxylic acids is 1. The predicted molar refractivity (Wildman–Crippen MR) is 87.5 cm³/mol. The summed E-state index contributed by atoms with van der Waals surface area (Å²) in [5.74, 6) is -1.61. The molecule has 0 heterocycles. The molecule has 2 rings (SSSR count). The third-order valence-electron chi connectivity index (χ3n) is 4.08. The van der Waals surface area contributed by atoms with E-state index in [1.165, 1.54) is 5.56 Å². The molecule has 2 N–H and O–H groups in total. The van der Waals surface area contributed by atoms with Crippen molar-refractivity contribution in [3.05, 3.63) is 35.4 Å². The van der Waals surface area contributed by atoms with Crippen molar-refractivity contribution in [2.75, 3.05) is 6.54 Å². The zero-order chi connectivity index (χ0) is 17.0. The van der Waals surface area contributed by atoms with Gasteiger partial charge in [-0.1, -0.05) is 24.3 Å². The van der Waals surface area contributed by atoms with Gasteiger partial charge in [0.05, 0.1) is 5.92 Å². The van der Waals surface area contributed by atoms with Crippen LogP contribution in [0.15, 0.2) is 24.3 Å². The zero-order valence-electron chi connectivity index (χ0n) is 14.0. The molecule has 1 aromatic rings. The summed E-state index contributed by atoms with van der Waals surface area (Å²) in [4.78, 5) is 23.5. The van der Waals surface area contributed by atoms with Crippen LogP contribution in [0, 0.1) is 5.92 Å². The Labute approximate surface area is 137 Å². The SMILES string of the molecule is CC(C)(C)OC(=O)NCC(C(=O)O)C1CCCc2ccccc21. The minimum atomic E-state index is -0.886. The van der Waals surface area contributed by atoms with Crippen molar-refractivity contribution >= 4 is 12.1 Å². The highest BCUT2D eigenvalue weighted by Gasteiger charge is 2.33. The van der Waals surface area contributed by atoms with Gasteiger partial charge in [0.1, 0.15) is 5.60 Å². The Morgan fingerprint density at radius 2 is 2.04 bits per heavy atom. The molecule has 5 heteroatoms. The lowest BCUT2D eigenvalue weighted by molar-refractivity contribution is -0.142. The Kier molecular flexibility index (Phi) is 5.29. The first-order valence-corrected chi connectivity index (χ1v) is 8.05. The maximum absolute atomic E-state index is 11.8. The largest absolute Gasteiger partial charge is 0.481 e. The molecule has 0 spiro atoms. The highest BCUT2D eigenvalue weighted by atomic mass is 16.6. The maximum atomic E-state index is 11.8. The summed E-state index contributed by atoms with van der Waals surface area (Å²) >= 11 is 0. The molecule has 126 valence electrons. The molecule has 2 atom stereocenters. The lowest BCUT2D eigenvalue weighted by Gasteiger charge is -2.30. The Balaban J connectivity index is 2.08. The number of fused-ring (bicyclic) bond motifs is 1. The molecule has 2 unspecified atom stereocenters. The fourth-order valence-electron chi connectivity index (χ4n) is 3.12. The van der Waals surface area contributed by atoms with E-state index in [9.17, 15) is 14.7 Å². The van der Waals surface area contributed by atoms with Gasteiger partial charge in [-0.15, -0.1) is 0 Å². The van der Waals surface area contributed by atoms with E-state index in [0.717, 1.165) is 24.8 Å². The number of rotatable bonds is 4. The van der Waals surface area contributed by atoms with Crippen LogP contribution in [0.1, 0.15) is 50.7 Å². The van der Waals surface area contributed by atoms with Crippen LogP contribution in [0.4, 0.5) is 4.79 Å². The second-order valence-electron chi connectivity index (χ2n) is 7.03. The van der Waals surface area contributed by atoms with E-state index in [2.05, 4.69) is 11.4 Å². The minimum absolute atomic E-state index is 0.0727. The maximum Gasteiger partial charge on any atom is 0.407 e. The molecule has 0 saturated carbocycles. The number of carbonyl (C=O) groups is 2. The molecule has 1 amide bonds. The van der Waals surface area contributed by atoms with Crippen LogP contribution < -0.4 is 5.32 Å². The Morgan fingerprint density at radius 1 is 1.35 bits per heavy atom. The van der Waals surface area contributed by atoms with Gasteiger partial charge in [0.15, 0.2) is 0 Å². The molecule has 23 heavy (non-hydrogen) atoms. The quantitative estimate of drug-likeness (QED) is 0.892. The average Bonchev–Trinajstić information content (AvgIpc) is 2.45. The summed E-state index contributed by atoms with van der Waals surface area (Å²) in [6.07, 6.45) is 2.20. The van der Waals surface area contributed by atoms with Crippen LogP contribution in [0.2, 0.25) is 0 Å². The second-order valence-corrected chi connectivity index (χ2v) is 7.03. The number of benzene rings is 1. The van der Waals surface area contributed by atoms with Gasteiger partial charge < -0.3 is 15.2 Å². The monoisotopic (exact) mass is 319 g/mol. The summed E-state index contributed by atoms with van der Waals surface area (Å²) in [5.41, 5.74) is 1.71. The molecule has 1 aromatic carbocycles. The van der Waals surface area contributed by atoms with Gasteiger partial charge in [-0.2, -0.15) is 0 Å². The molecule has 1 aliphatic carbocycles. The van der Waals surface area contributed by atoms with E-state index in [4.69, 9.17) is 4.74 Å². The third-order valence-corrected chi connectivity index (χ3v) is 4.08. The van der Waals surface area contributed by atoms with Crippen molar-refractivity contribution in [1.82, 2.24) is 5.32 Å². The average molecular weight is 319 g/mol. The van der Waals surface area contributed by atoms with Crippen LogP contribution >= 0.6 is 0 Å². The van der Waals surface area contributed by atoms with E-state index in [0.29, 0.717) is 0 Å². The van der Waals surface area contributed by atoms with Gasteiger partial charge in [0, 0.05) is 6.54 Å². The standard InChI is InChI=1S/C18H25NO4/c1-18(2,3)23-17(22)19-11-15(16(20)21)14-10-6-8-12-7-4-5-9-13(12)14/h4-5,7,9,14-15H,6,8,10-11H2,1-3H3,(H,19,22)(H,20,21). The van der Waals surface area contributed by atoms with Crippen LogP contribution in [-0.2, 0) is 16.0 Å². The van der Waals surface area contributed by atoms with Crippen molar-refractivity contribution in [1.29, 1.82) is 0 Å². The number of ether oxygens (including phenoxy) is 1. The van der Waals surface area contributed by atoms with Crippen LogP contribution in [0.5, 0.6) is 0 Å². The molecular formula is C18H25NO4. The van der Waals surface area contributed by atoms with Crippen molar-refractivity contribution in [2.45, 2.75) is 51.6 Å². The molecule has 1 aliphatic rings. The smallest absolute Gasteiger partial charge is 0.407 e. The minimum Gasteiger partial charge on any atom is -0.481 e. The second kappa shape index (κ2) is 7.02. The van der Waals surface area contributed by atoms with Crippen molar-refractivity contribution in [2.24, 2.45) is 5.92 Å². The zero-order valence-corrected chi connectivity index (χ0v) is 14.0. The van der Waals surface area contributed by atoms with Crippen LogP contribution in [-0.4, -0.2) is 29.3 Å². The van der Waals surface area contributed by atoms with Gasteiger partial charge in [0.25, 0.3) is 0 Å². The lowest BCUT2D eigenvalue weighted by atomic mass is 9.75. The summed E-state index contributed by atoms with van der Waals surface area (Å²) in [6.45, 7) is 5.40. The molecule has 0 saturated heterocycles. The van der Waals surface area contributed by atoms with Gasteiger partial charge in [-0.05, 0) is 57.1 Å². The first kappa shape index (κ1) is 17.3. The van der Waals surface area contributed by atoms with Crippen molar-refractivity contribution in [3.63, 3.8) is 0 Å².